The molecule has 0 rings (SSSR count). The molecule has 0 saturated carbocycles. The van der Waals surface area contributed by atoms with Crippen LogP contribution in [-0.4, -0.2) is 37.0 Å². The van der Waals surface area contributed by atoms with Gasteiger partial charge >= 0.3 is 5.97 Å². The third-order valence-corrected chi connectivity index (χ3v) is 10.2. The highest BCUT2D eigenvalue weighted by molar-refractivity contribution is 5.69. The first kappa shape index (κ1) is 59.3. The van der Waals surface area contributed by atoms with E-state index in [1.54, 1.807) is 0 Å². The summed E-state index contributed by atoms with van der Waals surface area (Å²) in [5, 5.41) is 9.66. The summed E-state index contributed by atoms with van der Waals surface area (Å²) in [6.45, 7) is 5.05. The van der Waals surface area contributed by atoms with Crippen LogP contribution in [0.15, 0.2) is 146 Å². The average Bonchev–Trinajstić information content (AvgIpc) is 3.29. The van der Waals surface area contributed by atoms with Crippen LogP contribution < -0.4 is 0 Å². The van der Waals surface area contributed by atoms with Crippen LogP contribution in [0, 0.1) is 0 Å². The first-order valence-corrected chi connectivity index (χ1v) is 25.4. The zero-order valence-electron chi connectivity index (χ0n) is 40.5. The standard InChI is InChI=1S/C59H94O4/c1-3-5-7-9-11-13-15-17-19-21-23-25-27-29-31-33-35-37-39-41-43-45-47-49-51-53-55-62-57-58(56-60)63-59(61)54-52-50-48-46-44-42-40-38-36-34-32-30-28-26-24-22-20-18-16-14-12-10-8-6-4-2/h5-8,11-14,17-20,23-26,29-32,35-38,58,60H,3-4,9-10,15-16,21-22,27-28,33-34,39-57H2,1-2H3/b7-5-,8-6-,13-11-,14-12-,19-17-,20-18-,25-23-,26-24-,31-29-,32-30-,37-35-,38-36-. The van der Waals surface area contributed by atoms with Gasteiger partial charge in [0.15, 0.2) is 0 Å². The van der Waals surface area contributed by atoms with Gasteiger partial charge in [-0.05, 0) is 116 Å². The smallest absolute Gasteiger partial charge is 0.306 e. The number of hydrogen-bond acceptors (Lipinski definition) is 4. The van der Waals surface area contributed by atoms with E-state index in [1.165, 1.54) is 57.8 Å². The number of carbonyl (C=O) groups is 1. The molecule has 4 heteroatoms. The highest BCUT2D eigenvalue weighted by atomic mass is 16.6. The molecule has 0 spiro atoms. The molecule has 0 aromatic carbocycles. The molecule has 0 aromatic heterocycles. The van der Waals surface area contributed by atoms with Crippen LogP contribution in [0.25, 0.3) is 0 Å². The number of esters is 1. The summed E-state index contributed by atoms with van der Waals surface area (Å²) in [6, 6.07) is 0. The molecule has 0 fully saturated rings. The molecule has 0 aliphatic rings. The quantitative estimate of drug-likeness (QED) is 0.0376. The van der Waals surface area contributed by atoms with Gasteiger partial charge in [0.1, 0.15) is 6.10 Å². The maximum Gasteiger partial charge on any atom is 0.306 e. The third kappa shape index (κ3) is 52.5. The van der Waals surface area contributed by atoms with E-state index in [4.69, 9.17) is 9.47 Å². The fraction of sp³-hybridized carbons (Fsp3) is 0.576. The Labute approximate surface area is 389 Å². The van der Waals surface area contributed by atoms with Gasteiger partial charge in [-0.1, -0.05) is 217 Å². The average molecular weight is 867 g/mol. The lowest BCUT2D eigenvalue weighted by atomic mass is 10.1. The second-order valence-corrected chi connectivity index (χ2v) is 16.1. The van der Waals surface area contributed by atoms with Crippen molar-refractivity contribution >= 4 is 5.97 Å². The van der Waals surface area contributed by atoms with Crippen LogP contribution in [0.1, 0.15) is 194 Å². The Kier molecular flexibility index (Phi) is 51.2. The first-order valence-electron chi connectivity index (χ1n) is 25.4. The molecule has 0 amide bonds. The molecule has 1 unspecified atom stereocenters. The molecule has 1 atom stereocenters. The first-order chi connectivity index (χ1) is 31.2. The molecule has 354 valence electrons. The van der Waals surface area contributed by atoms with Gasteiger partial charge < -0.3 is 14.6 Å². The fourth-order valence-electron chi connectivity index (χ4n) is 6.45. The van der Waals surface area contributed by atoms with Gasteiger partial charge in [-0.3, -0.25) is 4.79 Å². The number of aliphatic hydroxyl groups is 1. The maximum atomic E-state index is 12.3. The van der Waals surface area contributed by atoms with Gasteiger partial charge in [0, 0.05) is 13.0 Å². The number of ether oxygens (including phenoxy) is 2. The number of aliphatic hydroxyl groups excluding tert-OH is 1. The van der Waals surface area contributed by atoms with Crippen molar-refractivity contribution in [1.29, 1.82) is 0 Å². The minimum Gasteiger partial charge on any atom is -0.457 e. The van der Waals surface area contributed by atoms with Crippen LogP contribution in [0.3, 0.4) is 0 Å². The zero-order valence-corrected chi connectivity index (χ0v) is 40.5. The van der Waals surface area contributed by atoms with Crippen LogP contribution in [0.2, 0.25) is 0 Å². The predicted molar refractivity (Wildman–Crippen MR) is 278 cm³/mol. The summed E-state index contributed by atoms with van der Waals surface area (Å²) in [5.41, 5.74) is 0. The number of allylic oxidation sites excluding steroid dienone is 24. The summed E-state index contributed by atoms with van der Waals surface area (Å²) in [5.74, 6) is -0.226. The molecule has 1 N–H and O–H groups in total. The molecule has 0 radical (unpaired) electrons. The largest absolute Gasteiger partial charge is 0.457 e. The van der Waals surface area contributed by atoms with E-state index in [9.17, 15) is 9.90 Å². The molecule has 0 bridgehead atoms. The van der Waals surface area contributed by atoms with Gasteiger partial charge in [-0.2, -0.15) is 0 Å². The minimum absolute atomic E-state index is 0.193. The molecule has 0 aliphatic heterocycles. The fourth-order valence-corrected chi connectivity index (χ4v) is 6.45. The number of rotatable bonds is 45. The predicted octanol–water partition coefficient (Wildman–Crippen LogP) is 17.5. The Morgan fingerprint density at radius 2 is 0.667 bits per heavy atom. The Morgan fingerprint density at radius 3 is 1.00 bits per heavy atom. The van der Waals surface area contributed by atoms with E-state index >= 15 is 0 Å². The summed E-state index contributed by atoms with van der Waals surface area (Å²) in [7, 11) is 0. The molecule has 0 saturated heterocycles. The molecule has 0 aliphatic carbocycles. The second kappa shape index (κ2) is 54.4. The van der Waals surface area contributed by atoms with E-state index < -0.39 is 6.10 Å². The lowest BCUT2D eigenvalue weighted by Gasteiger charge is -2.15. The van der Waals surface area contributed by atoms with Crippen LogP contribution in [0.5, 0.6) is 0 Å². The van der Waals surface area contributed by atoms with E-state index in [0.717, 1.165) is 116 Å². The van der Waals surface area contributed by atoms with E-state index in [-0.39, 0.29) is 19.2 Å². The van der Waals surface area contributed by atoms with Crippen LogP contribution >= 0.6 is 0 Å². The molecular formula is C59H94O4. The summed E-state index contributed by atoms with van der Waals surface area (Å²) < 4.78 is 11.2. The third-order valence-electron chi connectivity index (χ3n) is 10.2. The number of hydrogen-bond donors (Lipinski definition) is 1. The second-order valence-electron chi connectivity index (χ2n) is 16.1. The lowest BCUT2D eigenvalue weighted by molar-refractivity contribution is -0.154. The van der Waals surface area contributed by atoms with E-state index in [0.29, 0.717) is 13.0 Å². The van der Waals surface area contributed by atoms with Crippen molar-refractivity contribution in [2.24, 2.45) is 0 Å². The molecule has 0 aromatic rings. The normalized spacial score (nSPS) is 13.6. The monoisotopic (exact) mass is 867 g/mol. The van der Waals surface area contributed by atoms with E-state index in [2.05, 4.69) is 160 Å². The van der Waals surface area contributed by atoms with Gasteiger partial charge in [-0.25, -0.2) is 0 Å². The van der Waals surface area contributed by atoms with Crippen molar-refractivity contribution in [3.63, 3.8) is 0 Å². The SMILES string of the molecule is CC/C=C\C/C=C\C/C=C\C/C=C\C/C=C\C/C=C\CCCCCCCCCOCC(CO)OC(=O)CCCCCCCC/C=C\C/C=C\C/C=C\C/C=C\C/C=C\C/C=C\CC. The number of unbranched alkanes of at least 4 members (excludes halogenated alkanes) is 13. The van der Waals surface area contributed by atoms with Crippen molar-refractivity contribution in [3.8, 4) is 0 Å². The van der Waals surface area contributed by atoms with Crippen LogP contribution in [0.4, 0.5) is 0 Å². The Hall–Kier alpha value is -3.73. The highest BCUT2D eigenvalue weighted by Gasteiger charge is 2.13. The maximum absolute atomic E-state index is 12.3. The van der Waals surface area contributed by atoms with Gasteiger partial charge in [-0.15, -0.1) is 0 Å². The van der Waals surface area contributed by atoms with Crippen molar-refractivity contribution in [2.75, 3.05) is 19.8 Å². The van der Waals surface area contributed by atoms with Gasteiger partial charge in [0.2, 0.25) is 0 Å². The lowest BCUT2D eigenvalue weighted by Crippen LogP contribution is -2.27. The summed E-state index contributed by atoms with van der Waals surface area (Å²) in [4.78, 5) is 12.3. The Morgan fingerprint density at radius 1 is 0.381 bits per heavy atom. The van der Waals surface area contributed by atoms with Crippen molar-refractivity contribution in [2.45, 2.75) is 200 Å². The van der Waals surface area contributed by atoms with E-state index in [1.807, 2.05) is 0 Å². The zero-order chi connectivity index (χ0) is 45.5. The molecule has 63 heavy (non-hydrogen) atoms. The summed E-state index contributed by atoms with van der Waals surface area (Å²) >= 11 is 0. The number of carbonyl (C=O) groups excluding carboxylic acids is 1. The Bertz CT molecular complexity index is 1330. The molecule has 4 nitrogen and oxygen atoms in total. The van der Waals surface area contributed by atoms with Gasteiger partial charge in [0.25, 0.3) is 0 Å². The van der Waals surface area contributed by atoms with Crippen molar-refractivity contribution < 1.29 is 19.4 Å². The summed E-state index contributed by atoms with van der Waals surface area (Å²) in [6.07, 6.45) is 83.5. The minimum atomic E-state index is -0.562. The topological polar surface area (TPSA) is 55.8 Å². The Balaban J connectivity index is 3.57. The van der Waals surface area contributed by atoms with Gasteiger partial charge in [0.05, 0.1) is 13.2 Å². The van der Waals surface area contributed by atoms with Crippen LogP contribution in [-0.2, 0) is 14.3 Å². The molecular weight excluding hydrogens is 773 g/mol. The highest BCUT2D eigenvalue weighted by Crippen LogP contribution is 2.12. The van der Waals surface area contributed by atoms with Crippen molar-refractivity contribution in [3.05, 3.63) is 146 Å². The van der Waals surface area contributed by atoms with Crippen molar-refractivity contribution in [1.82, 2.24) is 0 Å². The molecule has 0 heterocycles.